The number of hydrogen-bond donors (Lipinski definition) is 0. The lowest BCUT2D eigenvalue weighted by molar-refractivity contribution is 1.23. The van der Waals surface area contributed by atoms with E-state index in [1.54, 1.807) is 11.8 Å². The lowest BCUT2D eigenvalue weighted by Crippen LogP contribution is -2.11. The Morgan fingerprint density at radius 3 is 1.32 bits per heavy atom. The van der Waals surface area contributed by atoms with Gasteiger partial charge in [0.25, 0.3) is 0 Å². The van der Waals surface area contributed by atoms with Crippen molar-refractivity contribution in [3.05, 3.63) is 218 Å². The summed E-state index contributed by atoms with van der Waals surface area (Å²) in [5, 5.41) is 0. The quantitative estimate of drug-likeness (QED) is 0.164. The predicted molar refractivity (Wildman–Crippen MR) is 227 cm³/mol. The summed E-state index contributed by atoms with van der Waals surface area (Å²) in [5.74, 6) is 0. The Bertz CT molecular complexity index is 2430. The first-order chi connectivity index (χ1) is 26.2. The summed E-state index contributed by atoms with van der Waals surface area (Å²) in [7, 11) is 0. The summed E-state index contributed by atoms with van der Waals surface area (Å²) in [5.41, 5.74) is 15.0. The summed E-state index contributed by atoms with van der Waals surface area (Å²) >= 11 is 1.75. The molecular formula is C50H36N2S. The van der Waals surface area contributed by atoms with E-state index in [-0.39, 0.29) is 0 Å². The first-order valence-corrected chi connectivity index (χ1v) is 18.7. The molecule has 0 radical (unpaired) electrons. The number of rotatable bonds is 7. The van der Waals surface area contributed by atoms with Gasteiger partial charge in [0.1, 0.15) is 0 Å². The highest BCUT2D eigenvalue weighted by Gasteiger charge is 2.26. The largest absolute Gasteiger partial charge is 0.311 e. The molecule has 0 saturated heterocycles. The molecule has 53 heavy (non-hydrogen) atoms. The molecule has 3 heteroatoms. The third kappa shape index (κ3) is 6.33. The van der Waals surface area contributed by atoms with Gasteiger partial charge in [-0.2, -0.15) is 0 Å². The van der Waals surface area contributed by atoms with Gasteiger partial charge in [-0.15, -0.1) is 0 Å². The Labute approximate surface area is 316 Å². The van der Waals surface area contributed by atoms with Crippen molar-refractivity contribution in [3.63, 3.8) is 0 Å². The highest BCUT2D eigenvalue weighted by Crippen LogP contribution is 2.53. The standard InChI is InChI=1S/C50H36N2S/c1-36-46-20-11-12-22-48(46)52(42-18-9-4-10-19-42)49-23-13-21-47(50(49)53-36)41-28-34-45(35-29-41)51(43-30-24-39(25-31-43)37-14-5-2-6-15-37)44-32-26-40(27-33-44)38-16-7-3-8-17-38/h2-35H,1H2. The van der Waals surface area contributed by atoms with E-state index in [4.69, 9.17) is 0 Å². The minimum Gasteiger partial charge on any atom is -0.311 e. The molecule has 8 aromatic carbocycles. The third-order valence-corrected chi connectivity index (χ3v) is 10.9. The van der Waals surface area contributed by atoms with Crippen molar-refractivity contribution in [3.8, 4) is 33.4 Å². The zero-order valence-corrected chi connectivity index (χ0v) is 30.0. The van der Waals surface area contributed by atoms with Gasteiger partial charge >= 0.3 is 0 Å². The topological polar surface area (TPSA) is 6.48 Å². The van der Waals surface area contributed by atoms with Crippen LogP contribution in [0, 0.1) is 0 Å². The molecule has 0 aliphatic carbocycles. The van der Waals surface area contributed by atoms with E-state index in [1.165, 1.54) is 32.7 Å². The number of benzene rings is 8. The van der Waals surface area contributed by atoms with Crippen molar-refractivity contribution in [2.24, 2.45) is 0 Å². The van der Waals surface area contributed by atoms with Crippen LogP contribution in [0.25, 0.3) is 38.3 Å². The average Bonchev–Trinajstić information content (AvgIpc) is 3.36. The van der Waals surface area contributed by atoms with Crippen LogP contribution in [0.5, 0.6) is 0 Å². The molecule has 1 heterocycles. The van der Waals surface area contributed by atoms with Gasteiger partial charge in [-0.3, -0.25) is 0 Å². The van der Waals surface area contributed by atoms with Crippen molar-refractivity contribution < 1.29 is 0 Å². The third-order valence-electron chi connectivity index (χ3n) is 9.82. The van der Waals surface area contributed by atoms with Crippen LogP contribution in [-0.4, -0.2) is 0 Å². The highest BCUT2D eigenvalue weighted by molar-refractivity contribution is 8.08. The van der Waals surface area contributed by atoms with Gasteiger partial charge in [-0.05, 0) is 94.0 Å². The van der Waals surface area contributed by atoms with Crippen LogP contribution in [0.4, 0.5) is 34.1 Å². The maximum Gasteiger partial charge on any atom is 0.0607 e. The van der Waals surface area contributed by atoms with Gasteiger partial charge in [0, 0.05) is 38.1 Å². The fourth-order valence-corrected chi connectivity index (χ4v) is 8.30. The van der Waals surface area contributed by atoms with Crippen LogP contribution in [0.15, 0.2) is 218 Å². The Kier molecular flexibility index (Phi) is 8.69. The molecular weight excluding hydrogens is 661 g/mol. The van der Waals surface area contributed by atoms with E-state index < -0.39 is 0 Å². The minimum absolute atomic E-state index is 1.04. The summed E-state index contributed by atoms with van der Waals surface area (Å²) in [6.07, 6.45) is 0. The Balaban J connectivity index is 1.12. The summed E-state index contributed by atoms with van der Waals surface area (Å²) in [6, 6.07) is 73.6. The monoisotopic (exact) mass is 696 g/mol. The second-order valence-corrected chi connectivity index (χ2v) is 14.2. The van der Waals surface area contributed by atoms with E-state index in [0.29, 0.717) is 0 Å². The van der Waals surface area contributed by atoms with Crippen LogP contribution < -0.4 is 9.80 Å². The molecule has 0 saturated carbocycles. The summed E-state index contributed by atoms with van der Waals surface area (Å²) < 4.78 is 0. The number of hydrogen-bond acceptors (Lipinski definition) is 3. The maximum atomic E-state index is 4.56. The van der Waals surface area contributed by atoms with Gasteiger partial charge in [0.15, 0.2) is 0 Å². The lowest BCUT2D eigenvalue weighted by Gasteiger charge is -2.28. The summed E-state index contributed by atoms with van der Waals surface area (Å²) in [4.78, 5) is 6.93. The molecule has 1 aliphatic rings. The maximum absolute atomic E-state index is 4.56. The van der Waals surface area contributed by atoms with Crippen molar-refractivity contribution in [2.45, 2.75) is 4.90 Å². The number of anilines is 6. The zero-order valence-electron chi connectivity index (χ0n) is 29.1. The van der Waals surface area contributed by atoms with E-state index in [9.17, 15) is 0 Å². The summed E-state index contributed by atoms with van der Waals surface area (Å²) in [6.45, 7) is 4.56. The average molecular weight is 697 g/mol. The Morgan fingerprint density at radius 1 is 0.358 bits per heavy atom. The predicted octanol–water partition coefficient (Wildman–Crippen LogP) is 14.7. The zero-order chi connectivity index (χ0) is 35.6. The molecule has 0 atom stereocenters. The highest BCUT2D eigenvalue weighted by atomic mass is 32.2. The van der Waals surface area contributed by atoms with Crippen LogP contribution >= 0.6 is 11.8 Å². The van der Waals surface area contributed by atoms with Crippen molar-refractivity contribution >= 4 is 50.8 Å². The van der Waals surface area contributed by atoms with E-state index in [0.717, 1.165) is 50.2 Å². The molecule has 0 unspecified atom stereocenters. The molecule has 8 aromatic rings. The second-order valence-electron chi connectivity index (χ2n) is 13.1. The van der Waals surface area contributed by atoms with Crippen molar-refractivity contribution in [2.75, 3.05) is 9.80 Å². The van der Waals surface area contributed by atoms with Gasteiger partial charge in [-0.25, -0.2) is 0 Å². The molecule has 1 aliphatic heterocycles. The number of fused-ring (bicyclic) bond motifs is 2. The second kappa shape index (κ2) is 14.2. The SMILES string of the molecule is C=C1Sc2c(-c3ccc(N(c4ccc(-c5ccccc5)cc4)c4ccc(-c5ccccc5)cc4)cc3)cccc2N(c2ccccc2)c2ccccc21. The van der Waals surface area contributed by atoms with E-state index in [2.05, 4.69) is 223 Å². The number of nitrogens with zero attached hydrogens (tertiary/aromatic N) is 2. The Hall–Kier alpha value is -6.55. The normalized spacial score (nSPS) is 12.1. The molecule has 0 N–H and O–H groups in total. The first kappa shape index (κ1) is 32.4. The minimum atomic E-state index is 1.04. The lowest BCUT2D eigenvalue weighted by atomic mass is 10.0. The fourth-order valence-electron chi connectivity index (χ4n) is 7.21. The van der Waals surface area contributed by atoms with E-state index in [1.807, 2.05) is 0 Å². The molecule has 252 valence electrons. The van der Waals surface area contributed by atoms with Gasteiger partial charge in [0.2, 0.25) is 0 Å². The molecule has 0 aromatic heterocycles. The van der Waals surface area contributed by atoms with Gasteiger partial charge in [-0.1, -0.05) is 164 Å². The number of para-hydroxylation sites is 2. The smallest absolute Gasteiger partial charge is 0.0607 e. The van der Waals surface area contributed by atoms with Gasteiger partial charge in [0.05, 0.1) is 11.4 Å². The van der Waals surface area contributed by atoms with Gasteiger partial charge < -0.3 is 9.80 Å². The number of thioether (sulfide) groups is 1. The molecule has 0 spiro atoms. The Morgan fingerprint density at radius 2 is 0.774 bits per heavy atom. The molecule has 0 bridgehead atoms. The molecule has 0 amide bonds. The van der Waals surface area contributed by atoms with Crippen LogP contribution in [-0.2, 0) is 0 Å². The van der Waals surface area contributed by atoms with E-state index >= 15 is 0 Å². The van der Waals surface area contributed by atoms with Crippen LogP contribution in [0.1, 0.15) is 5.56 Å². The van der Waals surface area contributed by atoms with Crippen LogP contribution in [0.2, 0.25) is 0 Å². The van der Waals surface area contributed by atoms with Crippen molar-refractivity contribution in [1.82, 2.24) is 0 Å². The molecule has 0 fully saturated rings. The fraction of sp³-hybridized carbons (Fsp3) is 0. The molecule has 9 rings (SSSR count). The van der Waals surface area contributed by atoms with Crippen LogP contribution in [0.3, 0.4) is 0 Å². The molecule has 2 nitrogen and oxygen atoms in total. The van der Waals surface area contributed by atoms with Crippen molar-refractivity contribution in [1.29, 1.82) is 0 Å². The first-order valence-electron chi connectivity index (χ1n) is 17.9.